The lowest BCUT2D eigenvalue weighted by Crippen LogP contribution is -2.71. The summed E-state index contributed by atoms with van der Waals surface area (Å²) >= 11 is 0. The summed E-state index contributed by atoms with van der Waals surface area (Å²) in [7, 11) is -4.06. The highest BCUT2D eigenvalue weighted by Crippen LogP contribution is 2.28. The van der Waals surface area contributed by atoms with Crippen LogP contribution in [0.4, 0.5) is 4.39 Å². The van der Waals surface area contributed by atoms with Crippen LogP contribution in [0.15, 0.2) is 53.4 Å². The molecular weight excluding hydrogens is 491 g/mol. The molecule has 0 unspecified atom stereocenters. The predicted molar refractivity (Wildman–Crippen MR) is 127 cm³/mol. The van der Waals surface area contributed by atoms with E-state index in [9.17, 15) is 22.4 Å². The third kappa shape index (κ3) is 5.30. The topological polar surface area (TPSA) is 138 Å². The van der Waals surface area contributed by atoms with E-state index in [1.807, 2.05) is 0 Å². The quantitative estimate of drug-likeness (QED) is 0.308. The number of nitrogens with one attached hydrogen (secondary N) is 2. The van der Waals surface area contributed by atoms with Gasteiger partial charge in [-0.3, -0.25) is 19.8 Å². The van der Waals surface area contributed by atoms with Gasteiger partial charge < -0.3 is 9.64 Å². The van der Waals surface area contributed by atoms with Crippen LogP contribution in [-0.2, 0) is 26.2 Å². The summed E-state index contributed by atoms with van der Waals surface area (Å²) in [5.74, 6) is -1.06. The molecule has 4 rings (SSSR count). The van der Waals surface area contributed by atoms with E-state index in [1.165, 1.54) is 47.6 Å². The number of nitrogens with zero attached hydrogens (tertiary/aromatic N) is 2. The summed E-state index contributed by atoms with van der Waals surface area (Å²) < 4.78 is 48.5. The second-order valence-electron chi connectivity index (χ2n) is 8.79. The molecule has 0 bridgehead atoms. The lowest BCUT2D eigenvalue weighted by Gasteiger charge is -2.49. The van der Waals surface area contributed by atoms with Crippen molar-refractivity contribution in [2.45, 2.75) is 37.3 Å². The Kier molecular flexibility index (Phi) is 6.94. The molecule has 36 heavy (non-hydrogen) atoms. The van der Waals surface area contributed by atoms with Crippen molar-refractivity contribution in [2.75, 3.05) is 13.1 Å². The fourth-order valence-electron chi connectivity index (χ4n) is 4.23. The van der Waals surface area contributed by atoms with E-state index in [0.29, 0.717) is 16.8 Å². The smallest absolute Gasteiger partial charge is 0.245 e. The summed E-state index contributed by atoms with van der Waals surface area (Å²) in [6, 6.07) is 12.2. The van der Waals surface area contributed by atoms with Gasteiger partial charge in [-0.2, -0.15) is 0 Å². The molecule has 12 heteroatoms. The van der Waals surface area contributed by atoms with Crippen molar-refractivity contribution in [1.29, 1.82) is 0 Å². The van der Waals surface area contributed by atoms with E-state index in [0.717, 1.165) is 5.56 Å². The summed E-state index contributed by atoms with van der Waals surface area (Å²) in [6.45, 7) is 3.21. The molecule has 2 aromatic carbocycles. The van der Waals surface area contributed by atoms with Crippen LogP contribution in [0, 0.1) is 12.7 Å². The Labute approximate surface area is 207 Å². The lowest BCUT2D eigenvalue weighted by atomic mass is 9.87. The maximum Gasteiger partial charge on any atom is 0.245 e. The third-order valence-corrected chi connectivity index (χ3v) is 7.53. The Hall–Kier alpha value is -3.61. The van der Waals surface area contributed by atoms with Crippen LogP contribution in [0.3, 0.4) is 0 Å². The number of carbonyl (C=O) groups excluding carboxylic acids is 2. The number of halogens is 1. The van der Waals surface area contributed by atoms with Crippen molar-refractivity contribution in [3.8, 4) is 5.75 Å². The number of aromatic nitrogens is 1. The molecule has 1 fully saturated rings. The number of carbonyl (C=O) groups is 2. The largest absolute Gasteiger partial charge is 0.489 e. The van der Waals surface area contributed by atoms with Crippen LogP contribution in [0.2, 0.25) is 0 Å². The van der Waals surface area contributed by atoms with Gasteiger partial charge in [0.05, 0.1) is 16.9 Å². The molecule has 3 N–H and O–H groups in total. The summed E-state index contributed by atoms with van der Waals surface area (Å²) in [5, 5.41) is 9.49. The maximum atomic E-state index is 14.1. The Balaban J connectivity index is 1.48. The highest BCUT2D eigenvalue weighted by Gasteiger charge is 2.48. The van der Waals surface area contributed by atoms with Crippen LogP contribution in [0.1, 0.15) is 24.6 Å². The van der Waals surface area contributed by atoms with Gasteiger partial charge in [0.2, 0.25) is 21.8 Å². The Bertz CT molecular complexity index is 1420. The summed E-state index contributed by atoms with van der Waals surface area (Å²) in [6.07, 6.45) is -0.340. The van der Waals surface area contributed by atoms with Gasteiger partial charge in [-0.1, -0.05) is 12.1 Å². The first-order chi connectivity index (χ1) is 17.0. The minimum atomic E-state index is -4.06. The van der Waals surface area contributed by atoms with Crippen LogP contribution in [0.25, 0.3) is 10.9 Å². The molecule has 0 aliphatic carbocycles. The lowest BCUT2D eigenvalue weighted by molar-refractivity contribution is -0.141. The fourth-order valence-corrected chi connectivity index (χ4v) is 5.62. The van der Waals surface area contributed by atoms with E-state index in [2.05, 4.69) is 9.71 Å². The number of hydrogen-bond donors (Lipinski definition) is 3. The van der Waals surface area contributed by atoms with Gasteiger partial charge in [-0.15, -0.1) is 0 Å². The predicted octanol–water partition coefficient (Wildman–Crippen LogP) is 2.04. The van der Waals surface area contributed by atoms with Gasteiger partial charge in [0.15, 0.2) is 0 Å². The minimum Gasteiger partial charge on any atom is -0.489 e. The molecule has 2 heterocycles. The number of rotatable bonds is 8. The van der Waals surface area contributed by atoms with Gasteiger partial charge in [-0.05, 0) is 43.3 Å². The molecule has 1 aliphatic rings. The highest BCUT2D eigenvalue weighted by atomic mass is 32.2. The molecule has 0 spiro atoms. The van der Waals surface area contributed by atoms with Gasteiger partial charge in [0.25, 0.3) is 0 Å². The summed E-state index contributed by atoms with van der Waals surface area (Å²) in [4.78, 5) is 28.9. The molecule has 0 radical (unpaired) electrons. The Morgan fingerprint density at radius 1 is 1.19 bits per heavy atom. The SMILES string of the molecule is CC(=O)N1CC(CC(=O)NO)(NS(=O)(=O)c2ccc(OCc3cc(C)nc4c(F)cccc34)cc2)C1. The first-order valence-electron chi connectivity index (χ1n) is 11.0. The number of hydrogen-bond acceptors (Lipinski definition) is 7. The van der Waals surface area contributed by atoms with Crippen molar-refractivity contribution in [3.05, 3.63) is 65.6 Å². The molecule has 1 saturated heterocycles. The van der Waals surface area contributed by atoms with Crippen molar-refractivity contribution < 1.29 is 32.3 Å². The standard InChI is InChI=1S/C24H25FN4O6S/c1-15-10-17(20-4-3-5-21(25)23(20)26-15)12-35-18-6-8-19(9-7-18)36(33,34)28-24(11-22(31)27-32)13-29(14-24)16(2)30/h3-10,28,32H,11-14H2,1-2H3,(H,27,31). The van der Waals surface area contributed by atoms with Gasteiger partial charge in [0.1, 0.15) is 23.7 Å². The number of hydroxylamine groups is 1. The van der Waals surface area contributed by atoms with E-state index in [1.54, 1.807) is 25.1 Å². The number of amides is 2. The molecule has 0 atom stereocenters. The van der Waals surface area contributed by atoms with Crippen LogP contribution < -0.4 is 14.9 Å². The Morgan fingerprint density at radius 2 is 1.89 bits per heavy atom. The van der Waals surface area contributed by atoms with E-state index in [-0.39, 0.29) is 42.4 Å². The van der Waals surface area contributed by atoms with E-state index in [4.69, 9.17) is 9.94 Å². The van der Waals surface area contributed by atoms with Gasteiger partial charge in [-0.25, -0.2) is 23.0 Å². The molecule has 2 amide bonds. The molecule has 3 aromatic rings. The zero-order chi connectivity index (χ0) is 26.1. The summed E-state index contributed by atoms with van der Waals surface area (Å²) in [5.41, 5.74) is 1.89. The van der Waals surface area contributed by atoms with E-state index >= 15 is 0 Å². The third-order valence-electron chi connectivity index (χ3n) is 5.94. The molecule has 1 aliphatic heterocycles. The van der Waals surface area contributed by atoms with Crippen molar-refractivity contribution in [3.63, 3.8) is 0 Å². The van der Waals surface area contributed by atoms with Crippen LogP contribution in [0.5, 0.6) is 5.75 Å². The van der Waals surface area contributed by atoms with Crippen molar-refractivity contribution >= 4 is 32.7 Å². The number of para-hydroxylation sites is 1. The maximum absolute atomic E-state index is 14.1. The number of fused-ring (bicyclic) bond motifs is 1. The molecular formula is C24H25FN4O6S. The molecule has 10 nitrogen and oxygen atoms in total. The molecule has 0 saturated carbocycles. The average molecular weight is 517 g/mol. The van der Waals surface area contributed by atoms with Crippen LogP contribution in [-0.4, -0.2) is 54.0 Å². The highest BCUT2D eigenvalue weighted by molar-refractivity contribution is 7.89. The van der Waals surface area contributed by atoms with Crippen molar-refractivity contribution in [2.24, 2.45) is 0 Å². The molecule has 190 valence electrons. The second kappa shape index (κ2) is 9.80. The number of aryl methyl sites for hydroxylation is 1. The number of likely N-dealkylation sites (tertiary alicyclic amines) is 1. The number of ether oxygens (including phenoxy) is 1. The number of pyridine rings is 1. The molecule has 1 aromatic heterocycles. The normalized spacial score (nSPS) is 14.8. The van der Waals surface area contributed by atoms with E-state index < -0.39 is 27.3 Å². The first-order valence-corrected chi connectivity index (χ1v) is 12.5. The number of benzene rings is 2. The number of sulfonamides is 1. The van der Waals surface area contributed by atoms with Crippen molar-refractivity contribution in [1.82, 2.24) is 20.1 Å². The van der Waals surface area contributed by atoms with Gasteiger partial charge in [0, 0.05) is 36.7 Å². The first kappa shape index (κ1) is 25.5. The minimum absolute atomic E-state index is 0.00389. The van der Waals surface area contributed by atoms with Gasteiger partial charge >= 0.3 is 0 Å². The zero-order valence-corrected chi connectivity index (χ0v) is 20.4. The zero-order valence-electron chi connectivity index (χ0n) is 19.6. The average Bonchev–Trinajstić information content (AvgIpc) is 2.81. The fraction of sp³-hybridized carbons (Fsp3) is 0.292. The second-order valence-corrected chi connectivity index (χ2v) is 10.5. The Morgan fingerprint density at radius 3 is 2.53 bits per heavy atom. The van der Waals surface area contributed by atoms with Crippen LogP contribution >= 0.6 is 0 Å². The monoisotopic (exact) mass is 516 g/mol.